The molecule has 4 rings (SSSR count). The van der Waals surface area contributed by atoms with Crippen LogP contribution in [0.25, 0.3) is 16.5 Å². The molecule has 8 nitrogen and oxygen atoms in total. The molecule has 1 aromatic heterocycles. The molecular formula is C27H31N3O5. The minimum absolute atomic E-state index is 0.0265. The highest BCUT2D eigenvalue weighted by Gasteiger charge is 2.18. The fraction of sp³-hybridized carbons (Fsp3) is 0.370. The number of aromatic nitrogens is 2. The lowest BCUT2D eigenvalue weighted by atomic mass is 9.99. The monoisotopic (exact) mass is 477 g/mol. The lowest BCUT2D eigenvalue weighted by molar-refractivity contribution is -0.130. The van der Waals surface area contributed by atoms with Gasteiger partial charge in [-0.3, -0.25) is 14.2 Å². The summed E-state index contributed by atoms with van der Waals surface area (Å²) in [6, 6.07) is 13.4. The van der Waals surface area contributed by atoms with Gasteiger partial charge in [0.25, 0.3) is 5.56 Å². The maximum Gasteiger partial charge on any atom is 0.328 e. The molecule has 0 spiro atoms. The lowest BCUT2D eigenvalue weighted by Gasteiger charge is -2.26. The highest BCUT2D eigenvalue weighted by atomic mass is 16.5. The van der Waals surface area contributed by atoms with Gasteiger partial charge in [-0.25, -0.2) is 4.79 Å². The topological polar surface area (TPSA) is 93.6 Å². The molecule has 35 heavy (non-hydrogen) atoms. The van der Waals surface area contributed by atoms with E-state index in [1.165, 1.54) is 11.1 Å². The van der Waals surface area contributed by atoms with E-state index >= 15 is 0 Å². The summed E-state index contributed by atoms with van der Waals surface area (Å²) < 4.78 is 12.4. The predicted molar refractivity (Wildman–Crippen MR) is 136 cm³/mol. The molecule has 0 unspecified atom stereocenters. The molecule has 1 N–H and O–H groups in total. The number of hydrogen-bond acceptors (Lipinski definition) is 5. The number of aromatic amines is 1. The van der Waals surface area contributed by atoms with Gasteiger partial charge in [-0.05, 0) is 43.9 Å². The van der Waals surface area contributed by atoms with Crippen LogP contribution in [-0.4, -0.2) is 46.7 Å². The van der Waals surface area contributed by atoms with Gasteiger partial charge in [-0.2, -0.15) is 0 Å². The SMILES string of the molecule is CCOc1cc2[nH]c(=O)n(CCCC(=O)N3CC=C(c4ccccc4)CC3)c(=O)c2cc1OCC. The fourth-order valence-electron chi connectivity index (χ4n) is 4.36. The van der Waals surface area contributed by atoms with Gasteiger partial charge in [0.15, 0.2) is 11.5 Å². The Labute approximate surface area is 203 Å². The molecule has 0 radical (unpaired) electrons. The first-order valence-electron chi connectivity index (χ1n) is 12.1. The van der Waals surface area contributed by atoms with E-state index in [0.29, 0.717) is 55.1 Å². The second-order valence-electron chi connectivity index (χ2n) is 8.39. The van der Waals surface area contributed by atoms with Crippen molar-refractivity contribution >= 4 is 22.4 Å². The summed E-state index contributed by atoms with van der Waals surface area (Å²) in [7, 11) is 0. The maximum atomic E-state index is 13.1. The largest absolute Gasteiger partial charge is 0.490 e. The molecule has 0 fully saturated rings. The van der Waals surface area contributed by atoms with Crippen LogP contribution in [0.1, 0.15) is 38.7 Å². The van der Waals surface area contributed by atoms with Gasteiger partial charge < -0.3 is 19.4 Å². The Morgan fingerprint density at radius 2 is 1.74 bits per heavy atom. The predicted octanol–water partition coefficient (Wildman–Crippen LogP) is 3.58. The molecule has 8 heteroatoms. The number of ether oxygens (including phenoxy) is 2. The third-order valence-electron chi connectivity index (χ3n) is 6.12. The van der Waals surface area contributed by atoms with Crippen LogP contribution in [0.3, 0.4) is 0 Å². The van der Waals surface area contributed by atoms with Crippen molar-refractivity contribution in [1.29, 1.82) is 0 Å². The Morgan fingerprint density at radius 1 is 1.03 bits per heavy atom. The molecule has 0 saturated heterocycles. The molecule has 0 bridgehead atoms. The summed E-state index contributed by atoms with van der Waals surface area (Å²) in [5.74, 6) is 0.964. The van der Waals surface area contributed by atoms with Crippen LogP contribution < -0.4 is 20.7 Å². The minimum atomic E-state index is -0.505. The van der Waals surface area contributed by atoms with Gasteiger partial charge >= 0.3 is 5.69 Å². The van der Waals surface area contributed by atoms with Crippen LogP contribution in [0, 0.1) is 0 Å². The smallest absolute Gasteiger partial charge is 0.328 e. The molecule has 184 valence electrons. The molecule has 2 aromatic carbocycles. The van der Waals surface area contributed by atoms with Crippen molar-refractivity contribution in [2.75, 3.05) is 26.3 Å². The average Bonchev–Trinajstić information content (AvgIpc) is 2.87. The molecule has 3 aromatic rings. The third kappa shape index (κ3) is 5.48. The first kappa shape index (κ1) is 24.3. The summed E-state index contributed by atoms with van der Waals surface area (Å²) in [6.45, 7) is 5.95. The van der Waals surface area contributed by atoms with E-state index in [1.54, 1.807) is 12.1 Å². The molecule has 0 aliphatic carbocycles. The zero-order valence-corrected chi connectivity index (χ0v) is 20.2. The zero-order chi connectivity index (χ0) is 24.8. The highest BCUT2D eigenvalue weighted by molar-refractivity contribution is 5.81. The number of hydrogen-bond donors (Lipinski definition) is 1. The van der Waals surface area contributed by atoms with Crippen molar-refractivity contribution < 1.29 is 14.3 Å². The fourth-order valence-corrected chi connectivity index (χ4v) is 4.36. The van der Waals surface area contributed by atoms with E-state index < -0.39 is 11.2 Å². The number of carbonyl (C=O) groups is 1. The van der Waals surface area contributed by atoms with Crippen molar-refractivity contribution in [3.63, 3.8) is 0 Å². The third-order valence-corrected chi connectivity index (χ3v) is 6.12. The van der Waals surface area contributed by atoms with Gasteiger partial charge in [-0.1, -0.05) is 36.4 Å². The van der Waals surface area contributed by atoms with E-state index in [2.05, 4.69) is 23.2 Å². The first-order valence-corrected chi connectivity index (χ1v) is 12.1. The Kier molecular flexibility index (Phi) is 7.70. The van der Waals surface area contributed by atoms with Gasteiger partial charge in [0.05, 0.1) is 24.1 Å². The van der Waals surface area contributed by atoms with Crippen LogP contribution >= 0.6 is 0 Å². The number of amides is 1. The summed E-state index contributed by atoms with van der Waals surface area (Å²) in [5.41, 5.74) is 1.93. The van der Waals surface area contributed by atoms with Crippen molar-refractivity contribution in [3.8, 4) is 11.5 Å². The summed E-state index contributed by atoms with van der Waals surface area (Å²) >= 11 is 0. The van der Waals surface area contributed by atoms with Crippen LogP contribution in [-0.2, 0) is 11.3 Å². The van der Waals surface area contributed by atoms with E-state index in [9.17, 15) is 14.4 Å². The molecule has 1 amide bonds. The number of carbonyl (C=O) groups excluding carboxylic acids is 1. The quantitative estimate of drug-likeness (QED) is 0.508. The molecule has 1 aliphatic heterocycles. The lowest BCUT2D eigenvalue weighted by Crippen LogP contribution is -2.37. The molecule has 2 heterocycles. The Balaban J connectivity index is 1.43. The Bertz CT molecular complexity index is 1340. The number of fused-ring (bicyclic) bond motifs is 1. The molecular weight excluding hydrogens is 446 g/mol. The van der Waals surface area contributed by atoms with Crippen molar-refractivity contribution in [2.45, 2.75) is 39.7 Å². The first-order chi connectivity index (χ1) is 17.0. The van der Waals surface area contributed by atoms with Crippen LogP contribution in [0.4, 0.5) is 0 Å². The summed E-state index contributed by atoms with van der Waals surface area (Å²) in [6.07, 6.45) is 3.58. The number of nitrogens with zero attached hydrogens (tertiary/aromatic N) is 2. The Hall–Kier alpha value is -3.81. The number of benzene rings is 2. The summed E-state index contributed by atoms with van der Waals surface area (Å²) in [5, 5.41) is 0.345. The second-order valence-corrected chi connectivity index (χ2v) is 8.39. The minimum Gasteiger partial charge on any atom is -0.490 e. The standard InChI is InChI=1S/C27H31N3O5/c1-3-34-23-17-21-22(18-24(23)35-4-2)28-27(33)30(26(21)32)14-8-11-25(31)29-15-12-20(13-16-29)19-9-6-5-7-10-19/h5-7,9-10,12,17-18H,3-4,8,11,13-16H2,1-2H3,(H,28,33). The van der Waals surface area contributed by atoms with Gasteiger partial charge in [0.1, 0.15) is 0 Å². The van der Waals surface area contributed by atoms with Crippen LogP contribution in [0.15, 0.2) is 58.1 Å². The molecule has 0 atom stereocenters. The van der Waals surface area contributed by atoms with Crippen molar-refractivity contribution in [3.05, 3.63) is 74.9 Å². The maximum absolute atomic E-state index is 13.1. The van der Waals surface area contributed by atoms with Gasteiger partial charge in [0.2, 0.25) is 5.91 Å². The molecule has 0 saturated carbocycles. The normalized spacial score (nSPS) is 13.5. The van der Waals surface area contributed by atoms with Crippen LogP contribution in [0.2, 0.25) is 0 Å². The number of rotatable bonds is 9. The van der Waals surface area contributed by atoms with Gasteiger partial charge in [-0.15, -0.1) is 0 Å². The van der Waals surface area contributed by atoms with Crippen molar-refractivity contribution in [2.24, 2.45) is 0 Å². The van der Waals surface area contributed by atoms with Gasteiger partial charge in [0, 0.05) is 32.1 Å². The second kappa shape index (κ2) is 11.1. The van der Waals surface area contributed by atoms with E-state index in [-0.39, 0.29) is 18.9 Å². The van der Waals surface area contributed by atoms with E-state index in [4.69, 9.17) is 9.47 Å². The number of H-pyrrole nitrogens is 1. The highest BCUT2D eigenvalue weighted by Crippen LogP contribution is 2.30. The van der Waals surface area contributed by atoms with E-state index in [1.807, 2.05) is 36.9 Å². The summed E-state index contributed by atoms with van der Waals surface area (Å²) in [4.78, 5) is 43.0. The zero-order valence-electron chi connectivity index (χ0n) is 20.2. The average molecular weight is 478 g/mol. The van der Waals surface area contributed by atoms with E-state index in [0.717, 1.165) is 11.0 Å². The van der Waals surface area contributed by atoms with Crippen LogP contribution in [0.5, 0.6) is 11.5 Å². The number of nitrogens with one attached hydrogen (secondary N) is 1. The van der Waals surface area contributed by atoms with Crippen molar-refractivity contribution in [1.82, 2.24) is 14.5 Å². The Morgan fingerprint density at radius 3 is 2.40 bits per heavy atom. The molecule has 1 aliphatic rings.